The monoisotopic (exact) mass is 405 g/mol. The molecule has 6 nitrogen and oxygen atoms in total. The van der Waals surface area contributed by atoms with Crippen LogP contribution in [0.5, 0.6) is 5.75 Å². The van der Waals surface area contributed by atoms with E-state index in [1.807, 2.05) is 42.5 Å². The van der Waals surface area contributed by atoms with Crippen LogP contribution in [0, 0.1) is 0 Å². The Morgan fingerprint density at radius 2 is 1.45 bits per heavy atom. The van der Waals surface area contributed by atoms with E-state index >= 15 is 0 Å². The summed E-state index contributed by atoms with van der Waals surface area (Å²) < 4.78 is 33.8. The van der Waals surface area contributed by atoms with E-state index in [0.717, 1.165) is 5.56 Å². The van der Waals surface area contributed by atoms with Crippen molar-refractivity contribution in [3.8, 4) is 5.75 Å². The van der Waals surface area contributed by atoms with Gasteiger partial charge in [-0.05, 0) is 30.3 Å². The molecule has 1 aromatic heterocycles. The molecule has 0 fully saturated rings. The molecule has 0 spiro atoms. The third kappa shape index (κ3) is 4.05. The number of benzene rings is 3. The van der Waals surface area contributed by atoms with Gasteiger partial charge in [-0.15, -0.1) is 0 Å². The lowest BCUT2D eigenvalue weighted by Gasteiger charge is -2.14. The number of nitrogens with one attached hydrogen (secondary N) is 1. The van der Waals surface area contributed by atoms with E-state index in [1.54, 1.807) is 31.4 Å². The molecule has 0 amide bonds. The second-order valence-electron chi connectivity index (χ2n) is 6.41. The highest BCUT2D eigenvalue weighted by atomic mass is 32.2. The fourth-order valence-corrected chi connectivity index (χ4v) is 4.11. The fraction of sp³-hybridized carbons (Fsp3) is 0.0909. The van der Waals surface area contributed by atoms with E-state index < -0.39 is 10.0 Å². The van der Waals surface area contributed by atoms with Crippen LogP contribution >= 0.6 is 0 Å². The number of aromatic nitrogens is 2. The van der Waals surface area contributed by atoms with Crippen LogP contribution in [-0.2, 0) is 16.4 Å². The van der Waals surface area contributed by atoms with Gasteiger partial charge < -0.3 is 4.74 Å². The molecule has 0 saturated carbocycles. The molecular formula is C22H19N3O3S. The first-order chi connectivity index (χ1) is 14.1. The first kappa shape index (κ1) is 18.9. The van der Waals surface area contributed by atoms with E-state index in [-0.39, 0.29) is 10.7 Å². The van der Waals surface area contributed by atoms with Crippen LogP contribution in [0.2, 0.25) is 0 Å². The van der Waals surface area contributed by atoms with Crippen molar-refractivity contribution in [3.63, 3.8) is 0 Å². The van der Waals surface area contributed by atoms with Gasteiger partial charge in [0.15, 0.2) is 5.82 Å². The number of ether oxygens (including phenoxy) is 1. The summed E-state index contributed by atoms with van der Waals surface area (Å²) in [6.45, 7) is 0. The van der Waals surface area contributed by atoms with Crippen molar-refractivity contribution in [2.75, 3.05) is 11.8 Å². The van der Waals surface area contributed by atoms with Gasteiger partial charge in [0.2, 0.25) is 0 Å². The number of methoxy groups -OCH3 is 1. The summed E-state index contributed by atoms with van der Waals surface area (Å²) in [5.74, 6) is 0.915. The Bertz CT molecular complexity index is 1260. The summed E-state index contributed by atoms with van der Waals surface area (Å²) in [5, 5.41) is 0. The highest BCUT2D eigenvalue weighted by Crippen LogP contribution is 2.26. The molecular weight excluding hydrogens is 386 g/mol. The summed E-state index contributed by atoms with van der Waals surface area (Å²) in [6, 6.07) is 23.1. The van der Waals surface area contributed by atoms with Crippen molar-refractivity contribution in [3.05, 3.63) is 90.1 Å². The number of fused-ring (bicyclic) bond motifs is 1. The number of hydrogen-bond acceptors (Lipinski definition) is 5. The van der Waals surface area contributed by atoms with Crippen LogP contribution in [0.4, 0.5) is 5.82 Å². The van der Waals surface area contributed by atoms with Crippen LogP contribution in [0.15, 0.2) is 83.8 Å². The molecule has 3 aromatic carbocycles. The summed E-state index contributed by atoms with van der Waals surface area (Å²) in [4.78, 5) is 9.39. The molecule has 4 aromatic rings. The zero-order valence-corrected chi connectivity index (χ0v) is 16.6. The van der Waals surface area contributed by atoms with Crippen LogP contribution in [0.25, 0.3) is 11.0 Å². The molecule has 0 aliphatic rings. The van der Waals surface area contributed by atoms with Gasteiger partial charge >= 0.3 is 0 Å². The molecule has 29 heavy (non-hydrogen) atoms. The van der Waals surface area contributed by atoms with Crippen molar-refractivity contribution < 1.29 is 13.2 Å². The maximum Gasteiger partial charge on any atom is 0.263 e. The molecule has 1 N–H and O–H groups in total. The van der Waals surface area contributed by atoms with Crippen molar-refractivity contribution in [1.82, 2.24) is 9.97 Å². The molecule has 0 aliphatic heterocycles. The minimum absolute atomic E-state index is 0.165. The smallest absolute Gasteiger partial charge is 0.263 e. The average Bonchev–Trinajstić information content (AvgIpc) is 2.75. The van der Waals surface area contributed by atoms with Gasteiger partial charge in [-0.25, -0.2) is 18.4 Å². The van der Waals surface area contributed by atoms with Gasteiger partial charge in [0.05, 0.1) is 28.7 Å². The van der Waals surface area contributed by atoms with E-state index in [9.17, 15) is 8.42 Å². The van der Waals surface area contributed by atoms with Crippen molar-refractivity contribution in [1.29, 1.82) is 0 Å². The topological polar surface area (TPSA) is 81.2 Å². The number of nitrogens with zero attached hydrogens (tertiary/aromatic N) is 2. The lowest BCUT2D eigenvalue weighted by atomic mass is 10.1. The largest absolute Gasteiger partial charge is 0.496 e. The lowest BCUT2D eigenvalue weighted by Crippen LogP contribution is -2.16. The van der Waals surface area contributed by atoms with E-state index in [0.29, 0.717) is 28.9 Å². The van der Waals surface area contributed by atoms with Gasteiger partial charge in [-0.2, -0.15) is 0 Å². The Kier molecular flexibility index (Phi) is 5.14. The highest BCUT2D eigenvalue weighted by molar-refractivity contribution is 7.92. The van der Waals surface area contributed by atoms with Crippen LogP contribution < -0.4 is 9.46 Å². The van der Waals surface area contributed by atoms with Gasteiger partial charge in [-0.3, -0.25) is 4.72 Å². The second kappa shape index (κ2) is 7.89. The van der Waals surface area contributed by atoms with Crippen LogP contribution in [0.1, 0.15) is 11.3 Å². The number of para-hydroxylation sites is 3. The molecule has 0 aliphatic carbocycles. The number of rotatable bonds is 6. The quantitative estimate of drug-likeness (QED) is 0.524. The molecule has 1 heterocycles. The zero-order chi connectivity index (χ0) is 20.3. The summed E-state index contributed by atoms with van der Waals surface area (Å²) >= 11 is 0. The van der Waals surface area contributed by atoms with Crippen molar-refractivity contribution >= 4 is 26.9 Å². The summed E-state index contributed by atoms with van der Waals surface area (Å²) in [5.41, 5.74) is 2.72. The standard InChI is InChI=1S/C22H19N3O3S/c1-28-21-14-8-5-9-16(21)15-20-22(24-19-13-7-6-12-18(19)23-20)25-29(26,27)17-10-3-2-4-11-17/h2-14H,15H2,1H3,(H,24,25). The summed E-state index contributed by atoms with van der Waals surface area (Å²) in [7, 11) is -2.20. The van der Waals surface area contributed by atoms with Gasteiger partial charge in [0, 0.05) is 12.0 Å². The second-order valence-corrected chi connectivity index (χ2v) is 8.10. The predicted molar refractivity (Wildman–Crippen MR) is 113 cm³/mol. The Hall–Kier alpha value is -3.45. The van der Waals surface area contributed by atoms with Gasteiger partial charge in [0.25, 0.3) is 10.0 Å². The number of sulfonamides is 1. The molecule has 146 valence electrons. The average molecular weight is 405 g/mol. The molecule has 7 heteroatoms. The van der Waals surface area contributed by atoms with E-state index in [4.69, 9.17) is 4.74 Å². The van der Waals surface area contributed by atoms with Crippen molar-refractivity contribution in [2.45, 2.75) is 11.3 Å². The third-order valence-corrected chi connectivity index (χ3v) is 5.83. The first-order valence-corrected chi connectivity index (χ1v) is 10.5. The number of anilines is 1. The summed E-state index contributed by atoms with van der Waals surface area (Å²) in [6.07, 6.45) is 0.370. The SMILES string of the molecule is COc1ccccc1Cc1nc2ccccc2nc1NS(=O)(=O)c1ccccc1. The molecule has 0 atom stereocenters. The Morgan fingerprint density at radius 3 is 2.17 bits per heavy atom. The van der Waals surface area contributed by atoms with Crippen molar-refractivity contribution in [2.24, 2.45) is 0 Å². The predicted octanol–water partition coefficient (Wildman–Crippen LogP) is 4.03. The fourth-order valence-electron chi connectivity index (χ4n) is 3.06. The first-order valence-electron chi connectivity index (χ1n) is 9.02. The lowest BCUT2D eigenvalue weighted by molar-refractivity contribution is 0.410. The zero-order valence-electron chi connectivity index (χ0n) is 15.7. The Balaban J connectivity index is 1.80. The normalized spacial score (nSPS) is 11.3. The van der Waals surface area contributed by atoms with Gasteiger partial charge in [0.1, 0.15) is 5.75 Å². The Morgan fingerprint density at radius 1 is 0.828 bits per heavy atom. The minimum atomic E-state index is -3.80. The van der Waals surface area contributed by atoms with E-state index in [2.05, 4.69) is 14.7 Å². The molecule has 0 bridgehead atoms. The van der Waals surface area contributed by atoms with Gasteiger partial charge in [-0.1, -0.05) is 48.5 Å². The third-order valence-electron chi connectivity index (χ3n) is 4.48. The molecule has 4 rings (SSSR count). The molecule has 0 radical (unpaired) electrons. The van der Waals surface area contributed by atoms with E-state index in [1.165, 1.54) is 12.1 Å². The van der Waals surface area contributed by atoms with Crippen LogP contribution in [0.3, 0.4) is 0 Å². The minimum Gasteiger partial charge on any atom is -0.496 e. The maximum absolute atomic E-state index is 12.9. The molecule has 0 saturated heterocycles. The Labute approximate surface area is 169 Å². The number of hydrogen-bond donors (Lipinski definition) is 1. The van der Waals surface area contributed by atoms with Crippen LogP contribution in [-0.4, -0.2) is 25.5 Å². The highest BCUT2D eigenvalue weighted by Gasteiger charge is 2.19. The molecule has 0 unspecified atom stereocenters. The maximum atomic E-state index is 12.9.